The van der Waals surface area contributed by atoms with Crippen molar-refractivity contribution in [3.8, 4) is 0 Å². The van der Waals surface area contributed by atoms with E-state index in [0.717, 1.165) is 49.4 Å². The van der Waals surface area contributed by atoms with Gasteiger partial charge in [-0.05, 0) is 49.2 Å². The zero-order valence-electron chi connectivity index (χ0n) is 15.6. The molecule has 4 rings (SSSR count). The summed E-state index contributed by atoms with van der Waals surface area (Å²) in [6.07, 6.45) is 7.37. The summed E-state index contributed by atoms with van der Waals surface area (Å²) in [4.78, 5) is 23.1. The number of rotatable bonds is 6. The minimum absolute atomic E-state index is 0.253. The Hall–Kier alpha value is -3.06. The summed E-state index contributed by atoms with van der Waals surface area (Å²) in [5, 5.41) is 7.02. The van der Waals surface area contributed by atoms with E-state index in [9.17, 15) is 4.79 Å². The number of carbonyl (C=O) groups is 1. The molecule has 1 aliphatic rings. The summed E-state index contributed by atoms with van der Waals surface area (Å²) >= 11 is 0. The lowest BCUT2D eigenvalue weighted by atomic mass is 9.94. The van der Waals surface area contributed by atoms with Crippen molar-refractivity contribution in [3.63, 3.8) is 0 Å². The third-order valence-electron chi connectivity index (χ3n) is 4.99. The fourth-order valence-electron chi connectivity index (χ4n) is 3.52. The molecule has 0 spiro atoms. The van der Waals surface area contributed by atoms with Crippen LogP contribution in [0.1, 0.15) is 46.3 Å². The molecule has 0 saturated carbocycles. The van der Waals surface area contributed by atoms with Crippen molar-refractivity contribution in [2.24, 2.45) is 0 Å². The molecule has 0 unspecified atom stereocenters. The normalized spacial score (nSPS) is 17.4. The fourth-order valence-corrected chi connectivity index (χ4v) is 3.52. The average Bonchev–Trinajstić information content (AvgIpc) is 3.24. The number of hydrogen-bond donors (Lipinski definition) is 1. The molecule has 3 aromatic heterocycles. The van der Waals surface area contributed by atoms with Gasteiger partial charge in [0.2, 0.25) is 5.76 Å². The smallest absolute Gasteiger partial charge is 0.290 e. The highest BCUT2D eigenvalue weighted by Crippen LogP contribution is 2.27. The molecule has 1 aliphatic heterocycles. The number of aromatic nitrogens is 3. The number of carbonyl (C=O) groups excluding carboxylic acids is 1. The van der Waals surface area contributed by atoms with Crippen LogP contribution in [0.2, 0.25) is 0 Å². The van der Waals surface area contributed by atoms with Gasteiger partial charge in [-0.15, -0.1) is 0 Å². The van der Waals surface area contributed by atoms with Crippen LogP contribution in [0.4, 0.5) is 0 Å². The van der Waals surface area contributed by atoms with Gasteiger partial charge in [-0.1, -0.05) is 11.2 Å². The van der Waals surface area contributed by atoms with Gasteiger partial charge >= 0.3 is 0 Å². The molecule has 1 saturated heterocycles. The van der Waals surface area contributed by atoms with E-state index in [4.69, 9.17) is 4.52 Å². The number of hydrogen-bond acceptors (Lipinski definition) is 6. The Bertz CT molecular complexity index is 897. The molecular formula is C21H23N5O2. The summed E-state index contributed by atoms with van der Waals surface area (Å²) in [6.45, 7) is 3.19. The fraction of sp³-hybridized carbons (Fsp3) is 0.333. The molecule has 1 N–H and O–H groups in total. The van der Waals surface area contributed by atoms with E-state index in [1.165, 1.54) is 0 Å². The number of nitrogens with one attached hydrogen (secondary N) is 1. The lowest BCUT2D eigenvalue weighted by Crippen LogP contribution is -2.34. The van der Waals surface area contributed by atoms with Gasteiger partial charge in [0.05, 0.1) is 11.4 Å². The Morgan fingerprint density at radius 1 is 1.21 bits per heavy atom. The lowest BCUT2D eigenvalue weighted by Gasteiger charge is -2.31. The first kappa shape index (κ1) is 18.3. The van der Waals surface area contributed by atoms with E-state index in [1.54, 1.807) is 18.5 Å². The molecule has 4 heterocycles. The predicted octanol–water partition coefficient (Wildman–Crippen LogP) is 2.77. The number of piperidine rings is 1. The van der Waals surface area contributed by atoms with Gasteiger partial charge in [-0.25, -0.2) is 0 Å². The first-order valence-corrected chi connectivity index (χ1v) is 9.54. The van der Waals surface area contributed by atoms with Crippen LogP contribution < -0.4 is 5.32 Å². The minimum atomic E-state index is -0.253. The second-order valence-electron chi connectivity index (χ2n) is 7.05. The van der Waals surface area contributed by atoms with Gasteiger partial charge in [0, 0.05) is 50.2 Å². The maximum absolute atomic E-state index is 12.3. The third kappa shape index (κ3) is 4.61. The van der Waals surface area contributed by atoms with Crippen LogP contribution in [0.15, 0.2) is 59.5 Å². The zero-order valence-corrected chi connectivity index (χ0v) is 15.6. The molecule has 1 atom stereocenters. The zero-order chi connectivity index (χ0) is 19.2. The van der Waals surface area contributed by atoms with Gasteiger partial charge in [0.25, 0.3) is 5.91 Å². The standard InChI is InChI=1S/C21H23N5O2/c27-21(24-13-16-6-9-22-10-7-16)20-12-19(25-28-20)17-4-3-11-26(14-17)15-18-5-1-2-8-23-18/h1-2,5-10,12,17H,3-4,11,13-15H2,(H,24,27)/t17-/m1/s1. The van der Waals surface area contributed by atoms with Crippen LogP contribution in [-0.2, 0) is 13.1 Å². The second-order valence-corrected chi connectivity index (χ2v) is 7.05. The Kier molecular flexibility index (Phi) is 5.72. The molecule has 144 valence electrons. The summed E-state index contributed by atoms with van der Waals surface area (Å²) in [7, 11) is 0. The highest BCUT2D eigenvalue weighted by Gasteiger charge is 2.25. The summed E-state index contributed by atoms with van der Waals surface area (Å²) in [5.74, 6) is 0.269. The maximum atomic E-state index is 12.3. The maximum Gasteiger partial charge on any atom is 0.290 e. The molecule has 1 amide bonds. The molecule has 1 fully saturated rings. The number of likely N-dealkylation sites (tertiary alicyclic amines) is 1. The second kappa shape index (κ2) is 8.75. The SMILES string of the molecule is O=C(NCc1ccncc1)c1cc([C@@H]2CCCN(Cc3ccccn3)C2)no1. The Labute approximate surface area is 163 Å². The van der Waals surface area contributed by atoms with Gasteiger partial charge in [0.1, 0.15) is 0 Å². The van der Waals surface area contributed by atoms with Gasteiger partial charge in [-0.3, -0.25) is 19.7 Å². The topological polar surface area (TPSA) is 84.2 Å². The van der Waals surface area contributed by atoms with Crippen LogP contribution in [0.5, 0.6) is 0 Å². The largest absolute Gasteiger partial charge is 0.351 e. The van der Waals surface area contributed by atoms with Crippen molar-refractivity contribution in [1.29, 1.82) is 0 Å². The van der Waals surface area contributed by atoms with Crippen molar-refractivity contribution in [2.75, 3.05) is 13.1 Å². The van der Waals surface area contributed by atoms with Crippen LogP contribution in [-0.4, -0.2) is 39.0 Å². The molecule has 0 radical (unpaired) electrons. The Balaban J connectivity index is 1.34. The number of amides is 1. The van der Waals surface area contributed by atoms with Crippen molar-refractivity contribution in [1.82, 2.24) is 25.3 Å². The molecule has 3 aromatic rings. The first-order chi connectivity index (χ1) is 13.8. The highest BCUT2D eigenvalue weighted by molar-refractivity contribution is 5.91. The van der Waals surface area contributed by atoms with Crippen LogP contribution >= 0.6 is 0 Å². The lowest BCUT2D eigenvalue weighted by molar-refractivity contribution is 0.0913. The molecule has 28 heavy (non-hydrogen) atoms. The van der Waals surface area contributed by atoms with Crippen molar-refractivity contribution in [3.05, 3.63) is 77.7 Å². The Morgan fingerprint density at radius 2 is 2.11 bits per heavy atom. The summed E-state index contributed by atoms with van der Waals surface area (Å²) in [5.41, 5.74) is 2.90. The Morgan fingerprint density at radius 3 is 2.93 bits per heavy atom. The van der Waals surface area contributed by atoms with E-state index in [1.807, 2.05) is 36.5 Å². The minimum Gasteiger partial charge on any atom is -0.351 e. The quantitative estimate of drug-likeness (QED) is 0.711. The average molecular weight is 377 g/mol. The van der Waals surface area contributed by atoms with Gasteiger partial charge in [0.15, 0.2) is 0 Å². The van der Waals surface area contributed by atoms with Crippen molar-refractivity contribution < 1.29 is 9.32 Å². The summed E-state index contributed by atoms with van der Waals surface area (Å²) in [6, 6.07) is 11.5. The van der Waals surface area contributed by atoms with Crippen LogP contribution in [0.25, 0.3) is 0 Å². The van der Waals surface area contributed by atoms with E-state index < -0.39 is 0 Å². The van der Waals surface area contributed by atoms with E-state index in [0.29, 0.717) is 6.54 Å². The summed E-state index contributed by atoms with van der Waals surface area (Å²) < 4.78 is 5.32. The van der Waals surface area contributed by atoms with Crippen molar-refractivity contribution in [2.45, 2.75) is 31.8 Å². The molecule has 0 aromatic carbocycles. The van der Waals surface area contributed by atoms with Gasteiger partial charge in [-0.2, -0.15) is 0 Å². The number of pyridine rings is 2. The highest BCUT2D eigenvalue weighted by atomic mass is 16.5. The predicted molar refractivity (Wildman–Crippen MR) is 103 cm³/mol. The first-order valence-electron chi connectivity index (χ1n) is 9.54. The molecular weight excluding hydrogens is 354 g/mol. The molecule has 7 heteroatoms. The van der Waals surface area contributed by atoms with E-state index in [2.05, 4.69) is 25.3 Å². The van der Waals surface area contributed by atoms with Crippen LogP contribution in [0, 0.1) is 0 Å². The molecule has 0 bridgehead atoms. The van der Waals surface area contributed by atoms with E-state index >= 15 is 0 Å². The van der Waals surface area contributed by atoms with E-state index in [-0.39, 0.29) is 17.6 Å². The third-order valence-corrected chi connectivity index (χ3v) is 4.99. The van der Waals surface area contributed by atoms with Crippen LogP contribution in [0.3, 0.4) is 0 Å². The number of nitrogens with zero attached hydrogens (tertiary/aromatic N) is 4. The molecule has 7 nitrogen and oxygen atoms in total. The van der Waals surface area contributed by atoms with Crippen molar-refractivity contribution >= 4 is 5.91 Å². The monoisotopic (exact) mass is 377 g/mol. The van der Waals surface area contributed by atoms with Gasteiger partial charge < -0.3 is 9.84 Å². The molecule has 0 aliphatic carbocycles.